The Hall–Kier alpha value is -1.03. The molecule has 20 heavy (non-hydrogen) atoms. The van der Waals surface area contributed by atoms with Gasteiger partial charge in [-0.3, -0.25) is 4.79 Å². The third kappa shape index (κ3) is 4.23. The van der Waals surface area contributed by atoms with Gasteiger partial charge in [0.2, 0.25) is 0 Å². The van der Waals surface area contributed by atoms with E-state index in [0.717, 1.165) is 12.8 Å². The maximum Gasteiger partial charge on any atom is 0.253 e. The lowest BCUT2D eigenvalue weighted by molar-refractivity contribution is 0.0939. The smallest absolute Gasteiger partial charge is 0.253 e. The van der Waals surface area contributed by atoms with E-state index in [1.165, 1.54) is 16.9 Å². The number of amides is 1. The van der Waals surface area contributed by atoms with Crippen LogP contribution in [0.2, 0.25) is 8.67 Å². The summed E-state index contributed by atoms with van der Waals surface area (Å²) in [6.45, 7) is 1.99. The van der Waals surface area contributed by atoms with Gasteiger partial charge < -0.3 is 5.32 Å². The SMILES string of the molecule is CC(CCc1ccccc1)NC(=O)c1cc(Cl)sc1Cl. The van der Waals surface area contributed by atoms with Gasteiger partial charge in [-0.2, -0.15) is 0 Å². The first kappa shape index (κ1) is 15.4. The summed E-state index contributed by atoms with van der Waals surface area (Å²) in [4.78, 5) is 12.1. The van der Waals surface area contributed by atoms with E-state index in [4.69, 9.17) is 23.2 Å². The third-order valence-electron chi connectivity index (χ3n) is 2.99. The van der Waals surface area contributed by atoms with Crippen molar-refractivity contribution in [2.45, 2.75) is 25.8 Å². The molecule has 1 heterocycles. The number of thiophene rings is 1. The van der Waals surface area contributed by atoms with Gasteiger partial charge in [-0.25, -0.2) is 0 Å². The van der Waals surface area contributed by atoms with Gasteiger partial charge in [0.1, 0.15) is 4.34 Å². The van der Waals surface area contributed by atoms with E-state index in [1.807, 2.05) is 25.1 Å². The van der Waals surface area contributed by atoms with Crippen molar-refractivity contribution in [1.29, 1.82) is 0 Å². The molecule has 1 atom stereocenters. The molecule has 0 aliphatic rings. The molecular formula is C15H15Cl2NOS. The van der Waals surface area contributed by atoms with Gasteiger partial charge in [0.25, 0.3) is 5.91 Å². The highest BCUT2D eigenvalue weighted by molar-refractivity contribution is 7.20. The first-order valence-electron chi connectivity index (χ1n) is 6.36. The van der Waals surface area contributed by atoms with Crippen LogP contribution in [-0.4, -0.2) is 11.9 Å². The van der Waals surface area contributed by atoms with Crippen molar-refractivity contribution < 1.29 is 4.79 Å². The van der Waals surface area contributed by atoms with Crippen molar-refractivity contribution in [3.63, 3.8) is 0 Å². The van der Waals surface area contributed by atoms with Crippen molar-refractivity contribution in [2.24, 2.45) is 0 Å². The summed E-state index contributed by atoms with van der Waals surface area (Å²) in [5, 5.41) is 2.95. The first-order chi connectivity index (χ1) is 9.56. The fourth-order valence-electron chi connectivity index (χ4n) is 1.90. The zero-order chi connectivity index (χ0) is 14.5. The molecule has 2 aromatic rings. The topological polar surface area (TPSA) is 29.1 Å². The minimum atomic E-state index is -0.168. The predicted molar refractivity (Wildman–Crippen MR) is 86.0 cm³/mol. The van der Waals surface area contributed by atoms with Gasteiger partial charge >= 0.3 is 0 Å². The van der Waals surface area contributed by atoms with Crippen LogP contribution >= 0.6 is 34.5 Å². The summed E-state index contributed by atoms with van der Waals surface area (Å²) in [6, 6.07) is 11.9. The summed E-state index contributed by atoms with van der Waals surface area (Å²) < 4.78 is 0.958. The number of carbonyl (C=O) groups is 1. The Morgan fingerprint density at radius 1 is 1.30 bits per heavy atom. The van der Waals surface area contributed by atoms with Gasteiger partial charge in [-0.15, -0.1) is 11.3 Å². The Kier molecular flexibility index (Phi) is 5.46. The zero-order valence-electron chi connectivity index (χ0n) is 11.0. The number of nitrogens with one attached hydrogen (secondary N) is 1. The maximum absolute atomic E-state index is 12.1. The molecule has 1 N–H and O–H groups in total. The van der Waals surface area contributed by atoms with E-state index in [0.29, 0.717) is 14.2 Å². The van der Waals surface area contributed by atoms with Gasteiger partial charge in [0.05, 0.1) is 9.90 Å². The molecule has 0 fully saturated rings. The van der Waals surface area contributed by atoms with Crippen LogP contribution in [-0.2, 0) is 6.42 Å². The fraction of sp³-hybridized carbons (Fsp3) is 0.267. The minimum absolute atomic E-state index is 0.0810. The molecule has 0 saturated heterocycles. The van der Waals surface area contributed by atoms with Crippen molar-refractivity contribution in [3.8, 4) is 0 Å². The highest BCUT2D eigenvalue weighted by atomic mass is 35.5. The minimum Gasteiger partial charge on any atom is -0.350 e. The van der Waals surface area contributed by atoms with Crippen molar-refractivity contribution in [2.75, 3.05) is 0 Å². The first-order valence-corrected chi connectivity index (χ1v) is 7.93. The lowest BCUT2D eigenvalue weighted by atomic mass is 10.1. The van der Waals surface area contributed by atoms with Crippen LogP contribution in [0.1, 0.15) is 29.3 Å². The summed E-state index contributed by atoms with van der Waals surface area (Å²) in [5.41, 5.74) is 1.72. The molecule has 0 radical (unpaired) electrons. The molecule has 0 aliphatic heterocycles. The molecule has 106 valence electrons. The quantitative estimate of drug-likeness (QED) is 0.839. The lowest BCUT2D eigenvalue weighted by Crippen LogP contribution is -2.32. The number of benzene rings is 1. The van der Waals surface area contributed by atoms with Gasteiger partial charge in [-0.05, 0) is 31.4 Å². The van der Waals surface area contributed by atoms with E-state index in [2.05, 4.69) is 17.4 Å². The molecule has 0 aliphatic carbocycles. The van der Waals surface area contributed by atoms with Crippen molar-refractivity contribution in [3.05, 3.63) is 56.2 Å². The summed E-state index contributed by atoms with van der Waals surface area (Å²) in [7, 11) is 0. The Labute approximate surface area is 132 Å². The third-order valence-corrected chi connectivity index (χ3v) is 4.48. The molecule has 1 unspecified atom stereocenters. The predicted octanol–water partition coefficient (Wildman–Crippen LogP) is 4.81. The van der Waals surface area contributed by atoms with Crippen LogP contribution in [0.15, 0.2) is 36.4 Å². The molecule has 0 spiro atoms. The Bertz CT molecular complexity index is 583. The van der Waals surface area contributed by atoms with Gasteiger partial charge in [0, 0.05) is 6.04 Å². The molecule has 0 saturated carbocycles. The van der Waals surface area contributed by atoms with Crippen LogP contribution in [0.25, 0.3) is 0 Å². The standard InChI is InChI=1S/C15H15Cl2NOS/c1-10(7-8-11-5-3-2-4-6-11)18-15(19)12-9-13(16)20-14(12)17/h2-6,9-10H,7-8H2,1H3,(H,18,19). The zero-order valence-corrected chi connectivity index (χ0v) is 13.4. The number of halogens is 2. The van der Waals surface area contributed by atoms with E-state index in [9.17, 15) is 4.79 Å². The van der Waals surface area contributed by atoms with Crippen LogP contribution in [0, 0.1) is 0 Å². The highest BCUT2D eigenvalue weighted by Gasteiger charge is 2.16. The molecule has 0 bridgehead atoms. The molecule has 1 aromatic carbocycles. The molecule has 2 rings (SSSR count). The van der Waals surface area contributed by atoms with Crippen LogP contribution in [0.4, 0.5) is 0 Å². The summed E-state index contributed by atoms with van der Waals surface area (Å²) in [5.74, 6) is -0.168. The van der Waals surface area contributed by atoms with E-state index >= 15 is 0 Å². The second kappa shape index (κ2) is 7.11. The van der Waals surface area contributed by atoms with Crippen LogP contribution in [0.5, 0.6) is 0 Å². The van der Waals surface area contributed by atoms with Crippen LogP contribution in [0.3, 0.4) is 0 Å². The number of hydrogen-bond donors (Lipinski definition) is 1. The Morgan fingerprint density at radius 3 is 2.60 bits per heavy atom. The maximum atomic E-state index is 12.1. The van der Waals surface area contributed by atoms with E-state index in [-0.39, 0.29) is 11.9 Å². The second-order valence-corrected chi connectivity index (χ2v) is 6.92. The molecule has 1 aromatic heterocycles. The largest absolute Gasteiger partial charge is 0.350 e. The van der Waals surface area contributed by atoms with E-state index < -0.39 is 0 Å². The fourth-order valence-corrected chi connectivity index (χ4v) is 3.35. The second-order valence-electron chi connectivity index (χ2n) is 4.64. The van der Waals surface area contributed by atoms with Crippen LogP contribution < -0.4 is 5.32 Å². The monoisotopic (exact) mass is 327 g/mol. The number of aryl methyl sites for hydroxylation is 1. The van der Waals surface area contributed by atoms with Gasteiger partial charge in [0.15, 0.2) is 0 Å². The summed E-state index contributed by atoms with van der Waals surface area (Å²) >= 11 is 13.0. The Morgan fingerprint density at radius 2 is 2.00 bits per heavy atom. The molecule has 2 nitrogen and oxygen atoms in total. The average molecular weight is 328 g/mol. The normalized spacial score (nSPS) is 12.2. The highest BCUT2D eigenvalue weighted by Crippen LogP contribution is 2.31. The number of rotatable bonds is 5. The number of hydrogen-bond acceptors (Lipinski definition) is 2. The molecule has 5 heteroatoms. The van der Waals surface area contributed by atoms with E-state index in [1.54, 1.807) is 6.07 Å². The summed E-state index contributed by atoms with van der Waals surface area (Å²) in [6.07, 6.45) is 1.81. The number of carbonyl (C=O) groups excluding carboxylic acids is 1. The van der Waals surface area contributed by atoms with Crippen molar-refractivity contribution in [1.82, 2.24) is 5.32 Å². The lowest BCUT2D eigenvalue weighted by Gasteiger charge is -2.13. The van der Waals surface area contributed by atoms with Gasteiger partial charge in [-0.1, -0.05) is 53.5 Å². The molecule has 1 amide bonds. The Balaban J connectivity index is 1.87. The average Bonchev–Trinajstić information content (AvgIpc) is 2.77. The molecular weight excluding hydrogens is 313 g/mol. The van der Waals surface area contributed by atoms with Crippen molar-refractivity contribution >= 4 is 40.4 Å².